The van der Waals surface area contributed by atoms with Gasteiger partial charge in [0.15, 0.2) is 0 Å². The standard InChI is InChI=1S/C24H32N4O4/c1-32-24(31)20-10-5-7-15-28-16-17(18-8-2-3-11-21(18)28)12-13-22(29)26-19(23(30)27-20)9-4-6-14-25/h2-3,5,7-8,11,16,19-20H,4,6,9-10,12-15,25H2,1H3,(H,26,29)(H,27,30)/b7-5+/t19-,20+/m1/s1. The molecule has 3 rings (SSSR count). The van der Waals surface area contributed by atoms with Crippen LogP contribution in [-0.2, 0) is 32.1 Å². The third-order valence-electron chi connectivity index (χ3n) is 5.73. The lowest BCUT2D eigenvalue weighted by atomic mass is 10.1. The van der Waals surface area contributed by atoms with Gasteiger partial charge in [0.2, 0.25) is 11.8 Å². The third-order valence-corrected chi connectivity index (χ3v) is 5.73. The predicted molar refractivity (Wildman–Crippen MR) is 123 cm³/mol. The summed E-state index contributed by atoms with van der Waals surface area (Å²) in [4.78, 5) is 37.8. The van der Waals surface area contributed by atoms with E-state index in [1.165, 1.54) is 7.11 Å². The van der Waals surface area contributed by atoms with Crippen LogP contribution in [0.2, 0.25) is 0 Å². The second-order valence-corrected chi connectivity index (χ2v) is 8.02. The molecule has 2 atom stereocenters. The number of para-hydroxylation sites is 1. The second kappa shape index (κ2) is 11.5. The van der Waals surface area contributed by atoms with E-state index >= 15 is 0 Å². The van der Waals surface area contributed by atoms with Crippen molar-refractivity contribution in [2.75, 3.05) is 13.7 Å². The Morgan fingerprint density at radius 2 is 1.97 bits per heavy atom. The summed E-state index contributed by atoms with van der Waals surface area (Å²) in [7, 11) is 1.29. The van der Waals surface area contributed by atoms with Crippen LogP contribution in [0.1, 0.15) is 37.7 Å². The molecule has 2 heterocycles. The predicted octanol–water partition coefficient (Wildman–Crippen LogP) is 1.81. The number of benzene rings is 1. The Hall–Kier alpha value is -3.13. The SMILES string of the molecule is COC(=O)[C@@H]1C/C=C/Cn2cc(c3ccccc32)CCC(=O)N[C@H](CCCCN)C(=O)N1. The molecule has 1 aromatic heterocycles. The van der Waals surface area contributed by atoms with Crippen molar-refractivity contribution in [2.45, 2.75) is 57.2 Å². The summed E-state index contributed by atoms with van der Waals surface area (Å²) in [5, 5.41) is 6.72. The van der Waals surface area contributed by atoms with Gasteiger partial charge >= 0.3 is 5.97 Å². The van der Waals surface area contributed by atoms with E-state index in [-0.39, 0.29) is 18.2 Å². The normalized spacial score (nSPS) is 21.2. The van der Waals surface area contributed by atoms with Gasteiger partial charge in [-0.1, -0.05) is 30.4 Å². The van der Waals surface area contributed by atoms with Gasteiger partial charge in [-0.3, -0.25) is 9.59 Å². The quantitative estimate of drug-likeness (QED) is 0.373. The molecule has 8 heteroatoms. The summed E-state index contributed by atoms with van der Waals surface area (Å²) in [6.45, 7) is 1.14. The number of allylic oxidation sites excluding steroid dienone is 1. The van der Waals surface area contributed by atoms with Crippen molar-refractivity contribution in [2.24, 2.45) is 5.73 Å². The summed E-state index contributed by atoms with van der Waals surface area (Å²) in [6.07, 6.45) is 8.97. The van der Waals surface area contributed by atoms with Crippen molar-refractivity contribution in [1.29, 1.82) is 0 Å². The van der Waals surface area contributed by atoms with E-state index in [1.807, 2.05) is 24.3 Å². The molecule has 2 amide bonds. The Morgan fingerprint density at radius 1 is 1.16 bits per heavy atom. The maximum atomic E-state index is 12.9. The van der Waals surface area contributed by atoms with Gasteiger partial charge in [0.05, 0.1) is 7.11 Å². The first-order valence-electron chi connectivity index (χ1n) is 11.1. The number of nitrogens with zero attached hydrogens (tertiary/aromatic N) is 1. The van der Waals surface area contributed by atoms with Gasteiger partial charge in [0, 0.05) is 30.1 Å². The number of aryl methyl sites for hydroxylation is 1. The first kappa shape index (κ1) is 23.5. The van der Waals surface area contributed by atoms with E-state index < -0.39 is 18.1 Å². The van der Waals surface area contributed by atoms with Gasteiger partial charge in [0.25, 0.3) is 0 Å². The van der Waals surface area contributed by atoms with Crippen LogP contribution in [-0.4, -0.2) is 48.1 Å². The Balaban J connectivity index is 1.88. The van der Waals surface area contributed by atoms with Gasteiger partial charge in [0.1, 0.15) is 12.1 Å². The number of nitrogens with one attached hydrogen (secondary N) is 2. The Morgan fingerprint density at radius 3 is 2.75 bits per heavy atom. The van der Waals surface area contributed by atoms with Crippen LogP contribution >= 0.6 is 0 Å². The number of carbonyl (C=O) groups excluding carboxylic acids is 3. The topological polar surface area (TPSA) is 115 Å². The van der Waals surface area contributed by atoms with E-state index in [0.29, 0.717) is 38.8 Å². The first-order valence-corrected chi connectivity index (χ1v) is 11.1. The van der Waals surface area contributed by atoms with Gasteiger partial charge in [-0.25, -0.2) is 4.79 Å². The number of aromatic nitrogens is 1. The van der Waals surface area contributed by atoms with Crippen molar-refractivity contribution >= 4 is 28.7 Å². The fourth-order valence-electron chi connectivity index (χ4n) is 4.00. The zero-order valence-corrected chi connectivity index (χ0v) is 18.5. The van der Waals surface area contributed by atoms with Crippen LogP contribution in [0.15, 0.2) is 42.6 Å². The summed E-state index contributed by atoms with van der Waals surface area (Å²) in [5.41, 5.74) is 7.77. The smallest absolute Gasteiger partial charge is 0.328 e. The molecule has 0 fully saturated rings. The Kier molecular flexibility index (Phi) is 8.44. The van der Waals surface area contributed by atoms with Gasteiger partial charge in [-0.15, -0.1) is 0 Å². The van der Waals surface area contributed by atoms with Gasteiger partial charge in [-0.2, -0.15) is 0 Å². The second-order valence-electron chi connectivity index (χ2n) is 8.02. The Labute approximate surface area is 188 Å². The lowest BCUT2D eigenvalue weighted by molar-refractivity contribution is -0.145. The molecule has 172 valence electrons. The molecular formula is C24H32N4O4. The molecule has 2 aromatic rings. The fourth-order valence-corrected chi connectivity index (χ4v) is 4.00. The molecule has 8 nitrogen and oxygen atoms in total. The first-order chi connectivity index (χ1) is 15.5. The molecule has 0 spiro atoms. The number of ether oxygens (including phenoxy) is 1. The number of methoxy groups -OCH3 is 1. The molecule has 2 bridgehead atoms. The van der Waals surface area contributed by atoms with Crippen LogP contribution in [0, 0.1) is 0 Å². The number of unbranched alkanes of at least 4 members (excludes halogenated alkanes) is 1. The fraction of sp³-hybridized carbons (Fsp3) is 0.458. The minimum atomic E-state index is -0.820. The minimum absolute atomic E-state index is 0.197. The number of fused-ring (bicyclic) bond motifs is 5. The van der Waals surface area contributed by atoms with E-state index in [4.69, 9.17) is 10.5 Å². The molecule has 0 radical (unpaired) electrons. The number of amides is 2. The zero-order valence-electron chi connectivity index (χ0n) is 18.5. The average Bonchev–Trinajstić information content (AvgIpc) is 3.15. The number of esters is 1. The number of carbonyl (C=O) groups is 3. The van der Waals surface area contributed by atoms with Crippen LogP contribution in [0.3, 0.4) is 0 Å². The van der Waals surface area contributed by atoms with Crippen molar-refractivity contribution in [3.8, 4) is 0 Å². The van der Waals surface area contributed by atoms with Gasteiger partial charge < -0.3 is 25.7 Å². The summed E-state index contributed by atoms with van der Waals surface area (Å²) >= 11 is 0. The highest BCUT2D eigenvalue weighted by molar-refractivity contribution is 5.91. The molecule has 4 N–H and O–H groups in total. The van der Waals surface area contributed by atoms with Crippen molar-refractivity contribution in [1.82, 2.24) is 15.2 Å². The van der Waals surface area contributed by atoms with Crippen molar-refractivity contribution in [3.05, 3.63) is 48.2 Å². The molecule has 32 heavy (non-hydrogen) atoms. The zero-order chi connectivity index (χ0) is 22.9. The lowest BCUT2D eigenvalue weighted by Crippen LogP contribution is -2.51. The maximum absolute atomic E-state index is 12.9. The van der Waals surface area contributed by atoms with Crippen LogP contribution in [0.4, 0.5) is 0 Å². The number of hydrogen-bond acceptors (Lipinski definition) is 5. The van der Waals surface area contributed by atoms with Crippen LogP contribution < -0.4 is 16.4 Å². The molecule has 0 unspecified atom stereocenters. The minimum Gasteiger partial charge on any atom is -0.467 e. The van der Waals surface area contributed by atoms with E-state index in [9.17, 15) is 14.4 Å². The third kappa shape index (κ3) is 5.97. The van der Waals surface area contributed by atoms with Crippen LogP contribution in [0.25, 0.3) is 10.9 Å². The molecule has 1 aromatic carbocycles. The van der Waals surface area contributed by atoms with E-state index in [2.05, 4.69) is 33.5 Å². The number of rotatable bonds is 5. The highest BCUT2D eigenvalue weighted by Gasteiger charge is 2.26. The molecule has 0 saturated carbocycles. The maximum Gasteiger partial charge on any atom is 0.328 e. The summed E-state index contributed by atoms with van der Waals surface area (Å²) < 4.78 is 6.99. The summed E-state index contributed by atoms with van der Waals surface area (Å²) in [5.74, 6) is -1.10. The molecule has 1 aliphatic heterocycles. The highest BCUT2D eigenvalue weighted by atomic mass is 16.5. The Bertz CT molecular complexity index is 982. The number of hydrogen-bond donors (Lipinski definition) is 3. The monoisotopic (exact) mass is 440 g/mol. The molecule has 0 saturated heterocycles. The van der Waals surface area contributed by atoms with E-state index in [0.717, 1.165) is 22.9 Å². The largest absolute Gasteiger partial charge is 0.467 e. The molecule has 0 aliphatic carbocycles. The van der Waals surface area contributed by atoms with Crippen molar-refractivity contribution < 1.29 is 19.1 Å². The molecular weight excluding hydrogens is 408 g/mol. The summed E-state index contributed by atoms with van der Waals surface area (Å²) in [6, 6.07) is 6.55. The molecule has 1 aliphatic rings. The van der Waals surface area contributed by atoms with Gasteiger partial charge in [-0.05, 0) is 50.3 Å². The average molecular weight is 441 g/mol. The lowest BCUT2D eigenvalue weighted by Gasteiger charge is -2.22. The highest BCUT2D eigenvalue weighted by Crippen LogP contribution is 2.23. The van der Waals surface area contributed by atoms with Crippen molar-refractivity contribution in [3.63, 3.8) is 0 Å². The van der Waals surface area contributed by atoms with Crippen LogP contribution in [0.5, 0.6) is 0 Å². The number of nitrogens with two attached hydrogens (primary N) is 1. The van der Waals surface area contributed by atoms with E-state index in [1.54, 1.807) is 0 Å².